The predicted octanol–water partition coefficient (Wildman–Crippen LogP) is 6.72. The summed E-state index contributed by atoms with van der Waals surface area (Å²) in [6.45, 7) is 0.594. The smallest absolute Gasteiger partial charge is 0.231 e. The van der Waals surface area contributed by atoms with Crippen molar-refractivity contribution in [3.63, 3.8) is 0 Å². The van der Waals surface area contributed by atoms with E-state index in [-0.39, 0.29) is 0 Å². The first kappa shape index (κ1) is 23.7. The van der Waals surface area contributed by atoms with E-state index in [9.17, 15) is 0 Å². The molecule has 2 aliphatic rings. The summed E-state index contributed by atoms with van der Waals surface area (Å²) in [6, 6.07) is 21.1. The van der Waals surface area contributed by atoms with Crippen LogP contribution in [-0.4, -0.2) is 23.6 Å². The van der Waals surface area contributed by atoms with Gasteiger partial charge in [-0.1, -0.05) is 12.1 Å². The van der Waals surface area contributed by atoms with E-state index in [2.05, 4.69) is 58.5 Å². The largest absolute Gasteiger partial charge is 0.454 e. The van der Waals surface area contributed by atoms with Crippen LogP contribution in [0.1, 0.15) is 45.6 Å². The number of aryl methyl sites for hydroxylation is 2. The zero-order valence-corrected chi connectivity index (χ0v) is 21.2. The second-order valence-corrected chi connectivity index (χ2v) is 10.5. The van der Waals surface area contributed by atoms with E-state index in [4.69, 9.17) is 18.9 Å². The Morgan fingerprint density at radius 1 is 0.568 bits per heavy atom. The van der Waals surface area contributed by atoms with Gasteiger partial charge in [0.2, 0.25) is 13.6 Å². The molecule has 6 rings (SSSR count). The minimum Gasteiger partial charge on any atom is -0.454 e. The average Bonchev–Trinajstić information content (AvgIpc) is 3.62. The molecule has 4 aromatic rings. The van der Waals surface area contributed by atoms with Crippen molar-refractivity contribution < 1.29 is 18.9 Å². The van der Waals surface area contributed by atoms with Crippen molar-refractivity contribution >= 4 is 11.8 Å². The summed E-state index contributed by atoms with van der Waals surface area (Å²) in [4.78, 5) is 8.51. The van der Waals surface area contributed by atoms with E-state index in [0.29, 0.717) is 24.1 Å². The van der Waals surface area contributed by atoms with E-state index >= 15 is 0 Å². The molecule has 0 spiro atoms. The second kappa shape index (κ2) is 11.1. The topological polar surface area (TPSA) is 62.7 Å². The Hall–Kier alpha value is -3.71. The summed E-state index contributed by atoms with van der Waals surface area (Å²) in [5.41, 5.74) is 5.10. The number of rotatable bonds is 10. The molecule has 0 aliphatic carbocycles. The number of thioether (sulfide) groups is 1. The van der Waals surface area contributed by atoms with Crippen LogP contribution in [0.2, 0.25) is 0 Å². The summed E-state index contributed by atoms with van der Waals surface area (Å²) in [5.74, 6) is 3.32. The first-order chi connectivity index (χ1) is 18.3. The van der Waals surface area contributed by atoms with Gasteiger partial charge in [0.25, 0.3) is 0 Å². The van der Waals surface area contributed by atoms with Gasteiger partial charge in [0.1, 0.15) is 0 Å². The zero-order valence-electron chi connectivity index (χ0n) is 20.4. The molecule has 0 bridgehead atoms. The van der Waals surface area contributed by atoms with Gasteiger partial charge in [-0.25, -0.2) is 0 Å². The van der Waals surface area contributed by atoms with Crippen LogP contribution in [0.15, 0.2) is 85.5 Å². The van der Waals surface area contributed by atoms with Crippen molar-refractivity contribution in [3.8, 4) is 23.0 Å². The summed E-state index contributed by atoms with van der Waals surface area (Å²) in [6.07, 6.45) is 11.4. The summed E-state index contributed by atoms with van der Waals surface area (Å²) in [7, 11) is 0. The number of hydrogen-bond donors (Lipinski definition) is 0. The molecule has 188 valence electrons. The summed E-state index contributed by atoms with van der Waals surface area (Å²) >= 11 is 2.02. The fraction of sp³-hybridized carbons (Fsp3) is 0.267. The molecule has 37 heavy (non-hydrogen) atoms. The fourth-order valence-electron chi connectivity index (χ4n) is 4.77. The minimum absolute atomic E-state index is 0.297. The molecule has 2 aromatic carbocycles. The maximum Gasteiger partial charge on any atom is 0.231 e. The molecular formula is C30H28N2O4S. The van der Waals surface area contributed by atoms with Crippen LogP contribution >= 0.6 is 11.8 Å². The number of benzene rings is 2. The SMILES string of the molecule is c1cc(C(CCc2ccc3c(c2)OCO3)SC(CCc2ccc3c(c2)OCO3)c2ccncc2)ccn1. The molecule has 0 saturated heterocycles. The van der Waals surface area contributed by atoms with Crippen molar-refractivity contribution in [2.45, 2.75) is 36.2 Å². The van der Waals surface area contributed by atoms with Gasteiger partial charge in [-0.3, -0.25) is 9.97 Å². The Balaban J connectivity index is 1.21. The number of nitrogens with zero attached hydrogens (tertiary/aromatic N) is 2. The average molecular weight is 513 g/mol. The van der Waals surface area contributed by atoms with Crippen LogP contribution in [0.5, 0.6) is 23.0 Å². The summed E-state index contributed by atoms with van der Waals surface area (Å²) in [5, 5.41) is 0.617. The van der Waals surface area contributed by atoms with Gasteiger partial charge in [0, 0.05) is 35.3 Å². The number of pyridine rings is 2. The molecule has 0 saturated carbocycles. The van der Waals surface area contributed by atoms with Crippen molar-refractivity contribution in [2.75, 3.05) is 13.6 Å². The van der Waals surface area contributed by atoms with Crippen LogP contribution in [-0.2, 0) is 12.8 Å². The Labute approximate surface area is 221 Å². The molecule has 6 nitrogen and oxygen atoms in total. The van der Waals surface area contributed by atoms with Crippen molar-refractivity contribution in [1.29, 1.82) is 0 Å². The number of aromatic nitrogens is 2. The minimum atomic E-state index is 0.297. The van der Waals surface area contributed by atoms with Gasteiger partial charge >= 0.3 is 0 Å². The van der Waals surface area contributed by atoms with Gasteiger partial charge in [-0.2, -0.15) is 0 Å². The molecule has 2 atom stereocenters. The number of fused-ring (bicyclic) bond motifs is 2. The molecule has 2 unspecified atom stereocenters. The van der Waals surface area contributed by atoms with E-state index < -0.39 is 0 Å². The zero-order chi connectivity index (χ0) is 24.9. The lowest BCUT2D eigenvalue weighted by molar-refractivity contribution is 0.173. The van der Waals surface area contributed by atoms with Crippen molar-refractivity contribution in [2.24, 2.45) is 0 Å². The van der Waals surface area contributed by atoms with E-state index in [1.807, 2.05) is 48.7 Å². The molecule has 2 aliphatic heterocycles. The molecule has 0 amide bonds. The highest BCUT2D eigenvalue weighted by molar-refractivity contribution is 7.99. The van der Waals surface area contributed by atoms with Crippen LogP contribution < -0.4 is 18.9 Å². The lowest BCUT2D eigenvalue weighted by atomic mass is 10.0. The van der Waals surface area contributed by atoms with E-state index in [1.54, 1.807) is 0 Å². The third kappa shape index (κ3) is 5.67. The lowest BCUT2D eigenvalue weighted by Gasteiger charge is -2.24. The third-order valence-electron chi connectivity index (χ3n) is 6.75. The molecule has 0 fully saturated rings. The molecule has 0 N–H and O–H groups in total. The predicted molar refractivity (Wildman–Crippen MR) is 143 cm³/mol. The first-order valence-electron chi connectivity index (χ1n) is 12.5. The second-order valence-electron chi connectivity index (χ2n) is 9.13. The molecular weight excluding hydrogens is 484 g/mol. The highest BCUT2D eigenvalue weighted by Gasteiger charge is 2.22. The van der Waals surface area contributed by atoms with Gasteiger partial charge < -0.3 is 18.9 Å². The van der Waals surface area contributed by atoms with Crippen LogP contribution in [0.3, 0.4) is 0 Å². The standard InChI is InChI=1S/C30H28N2O4S/c1-5-25-27(35-19-33-25)17-21(1)3-7-29(23-9-13-31-14-10-23)37-30(24-11-15-32-16-12-24)8-4-22-2-6-26-28(18-22)36-20-34-26/h1-2,5-6,9-18,29-30H,3-4,7-8,19-20H2. The Bertz CT molecular complexity index is 1230. The number of hydrogen-bond acceptors (Lipinski definition) is 7. The Kier molecular flexibility index (Phi) is 7.12. The van der Waals surface area contributed by atoms with Gasteiger partial charge in [-0.15, -0.1) is 11.8 Å². The highest BCUT2D eigenvalue weighted by atomic mass is 32.2. The van der Waals surface area contributed by atoms with E-state index in [1.165, 1.54) is 22.3 Å². The van der Waals surface area contributed by atoms with Gasteiger partial charge in [-0.05, 0) is 96.5 Å². The highest BCUT2D eigenvalue weighted by Crippen LogP contribution is 2.46. The fourth-order valence-corrected chi connectivity index (χ4v) is 6.30. The monoisotopic (exact) mass is 512 g/mol. The quantitative estimate of drug-likeness (QED) is 0.234. The Morgan fingerprint density at radius 2 is 1.00 bits per heavy atom. The molecule has 2 aromatic heterocycles. The normalized spacial score (nSPS) is 14.9. The van der Waals surface area contributed by atoms with Crippen LogP contribution in [0.25, 0.3) is 0 Å². The van der Waals surface area contributed by atoms with Crippen molar-refractivity contribution in [1.82, 2.24) is 9.97 Å². The third-order valence-corrected chi connectivity index (χ3v) is 8.42. The first-order valence-corrected chi connectivity index (χ1v) is 13.5. The molecule has 4 heterocycles. The van der Waals surface area contributed by atoms with Crippen molar-refractivity contribution in [3.05, 3.63) is 108 Å². The van der Waals surface area contributed by atoms with Gasteiger partial charge in [0.15, 0.2) is 23.0 Å². The van der Waals surface area contributed by atoms with Crippen LogP contribution in [0.4, 0.5) is 0 Å². The lowest BCUT2D eigenvalue weighted by Crippen LogP contribution is -2.04. The van der Waals surface area contributed by atoms with E-state index in [0.717, 1.165) is 48.7 Å². The molecule has 7 heteroatoms. The number of ether oxygens (including phenoxy) is 4. The van der Waals surface area contributed by atoms with Crippen LogP contribution in [0, 0.1) is 0 Å². The maximum atomic E-state index is 5.60. The summed E-state index contributed by atoms with van der Waals surface area (Å²) < 4.78 is 22.2. The maximum absolute atomic E-state index is 5.60. The molecule has 0 radical (unpaired) electrons. The Morgan fingerprint density at radius 3 is 1.46 bits per heavy atom. The van der Waals surface area contributed by atoms with Gasteiger partial charge in [0.05, 0.1) is 0 Å².